The van der Waals surface area contributed by atoms with Crippen molar-refractivity contribution in [3.8, 4) is 0 Å². The van der Waals surface area contributed by atoms with Crippen LogP contribution in [0.25, 0.3) is 0 Å². The molecule has 0 saturated carbocycles. The molecule has 0 aromatic heterocycles. The molecule has 1 aromatic rings. The Bertz CT molecular complexity index is 322. The predicted octanol–water partition coefficient (Wildman–Crippen LogP) is 4.88. The van der Waals surface area contributed by atoms with Crippen molar-refractivity contribution in [2.45, 2.75) is 39.7 Å². The van der Waals surface area contributed by atoms with E-state index in [1.54, 1.807) is 0 Å². The molecule has 96 valence electrons. The Morgan fingerprint density at radius 3 is 2.53 bits per heavy atom. The smallest absolute Gasteiger partial charge is 0.0924 e. The van der Waals surface area contributed by atoms with E-state index in [1.807, 2.05) is 0 Å². The molecule has 1 unspecified atom stereocenters. The van der Waals surface area contributed by atoms with Crippen LogP contribution in [-0.2, 0) is 4.74 Å². The average molecular weight is 299 g/mol. The van der Waals surface area contributed by atoms with Crippen LogP contribution in [0.5, 0.6) is 0 Å². The highest BCUT2D eigenvalue weighted by atomic mass is 79.9. The summed E-state index contributed by atoms with van der Waals surface area (Å²) in [7, 11) is 0. The zero-order chi connectivity index (χ0) is 12.7. The van der Waals surface area contributed by atoms with Gasteiger partial charge in [0.15, 0.2) is 0 Å². The van der Waals surface area contributed by atoms with E-state index in [9.17, 15) is 0 Å². The lowest BCUT2D eigenvalue weighted by Gasteiger charge is -2.18. The van der Waals surface area contributed by atoms with E-state index in [0.717, 1.165) is 24.3 Å². The van der Waals surface area contributed by atoms with Gasteiger partial charge in [-0.2, -0.15) is 0 Å². The van der Waals surface area contributed by atoms with Crippen molar-refractivity contribution in [3.05, 3.63) is 35.4 Å². The van der Waals surface area contributed by atoms with Crippen LogP contribution in [0.4, 0.5) is 0 Å². The molecular formula is C15H23BrO. The molecule has 0 bridgehead atoms. The van der Waals surface area contributed by atoms with Gasteiger partial charge in [0.25, 0.3) is 0 Å². The van der Waals surface area contributed by atoms with Crippen molar-refractivity contribution in [1.82, 2.24) is 0 Å². The molecule has 1 aromatic carbocycles. The fourth-order valence-electron chi connectivity index (χ4n) is 1.88. The Morgan fingerprint density at radius 2 is 1.94 bits per heavy atom. The van der Waals surface area contributed by atoms with E-state index in [2.05, 4.69) is 61.0 Å². The maximum absolute atomic E-state index is 5.96. The average Bonchev–Trinajstić information content (AvgIpc) is 2.30. The zero-order valence-electron chi connectivity index (χ0n) is 11.1. The first-order valence-corrected chi connectivity index (χ1v) is 7.50. The quantitative estimate of drug-likeness (QED) is 0.515. The maximum atomic E-state index is 5.96. The highest BCUT2D eigenvalue weighted by molar-refractivity contribution is 9.09. The Morgan fingerprint density at radius 1 is 1.24 bits per heavy atom. The number of benzene rings is 1. The molecule has 17 heavy (non-hydrogen) atoms. The molecule has 0 N–H and O–H groups in total. The number of rotatable bonds is 7. The lowest BCUT2D eigenvalue weighted by atomic mass is 10.0. The summed E-state index contributed by atoms with van der Waals surface area (Å²) in [4.78, 5) is 0. The molecule has 0 aliphatic carbocycles. The van der Waals surface area contributed by atoms with Crippen LogP contribution in [0.15, 0.2) is 24.3 Å². The monoisotopic (exact) mass is 298 g/mol. The van der Waals surface area contributed by atoms with Gasteiger partial charge in [0.05, 0.1) is 6.10 Å². The Kier molecular flexibility index (Phi) is 6.83. The molecular weight excluding hydrogens is 276 g/mol. The van der Waals surface area contributed by atoms with Gasteiger partial charge in [-0.3, -0.25) is 0 Å². The second-order valence-electron chi connectivity index (χ2n) is 4.91. The van der Waals surface area contributed by atoms with Gasteiger partial charge >= 0.3 is 0 Å². The van der Waals surface area contributed by atoms with E-state index >= 15 is 0 Å². The summed E-state index contributed by atoms with van der Waals surface area (Å²) >= 11 is 3.54. The summed E-state index contributed by atoms with van der Waals surface area (Å²) in [5, 5.41) is 0.861. The highest BCUT2D eigenvalue weighted by Gasteiger charge is 2.12. The van der Waals surface area contributed by atoms with Gasteiger partial charge in [0, 0.05) is 11.9 Å². The van der Waals surface area contributed by atoms with Crippen LogP contribution in [0.3, 0.4) is 0 Å². The van der Waals surface area contributed by atoms with Crippen LogP contribution < -0.4 is 0 Å². The predicted molar refractivity (Wildman–Crippen MR) is 77.7 cm³/mol. The van der Waals surface area contributed by atoms with Crippen molar-refractivity contribution < 1.29 is 4.74 Å². The molecule has 0 saturated heterocycles. The van der Waals surface area contributed by atoms with E-state index in [4.69, 9.17) is 4.74 Å². The third-order valence-electron chi connectivity index (χ3n) is 2.92. The highest BCUT2D eigenvalue weighted by Crippen LogP contribution is 2.23. The first kappa shape index (κ1) is 14.7. The van der Waals surface area contributed by atoms with Crippen LogP contribution in [-0.4, -0.2) is 11.9 Å². The molecule has 2 heteroatoms. The van der Waals surface area contributed by atoms with Crippen LogP contribution in [0.1, 0.15) is 43.9 Å². The Labute approximate surface area is 114 Å². The largest absolute Gasteiger partial charge is 0.373 e. The first-order valence-electron chi connectivity index (χ1n) is 6.38. The molecule has 0 aliphatic heterocycles. The van der Waals surface area contributed by atoms with E-state index in [0.29, 0.717) is 0 Å². The lowest BCUT2D eigenvalue weighted by Crippen LogP contribution is -2.09. The van der Waals surface area contributed by atoms with Gasteiger partial charge in [-0.25, -0.2) is 0 Å². The minimum absolute atomic E-state index is 0.184. The third kappa shape index (κ3) is 5.22. The Balaban J connectivity index is 2.46. The molecule has 1 nitrogen and oxygen atoms in total. The van der Waals surface area contributed by atoms with E-state index in [-0.39, 0.29) is 6.10 Å². The number of hydrogen-bond acceptors (Lipinski definition) is 1. The van der Waals surface area contributed by atoms with Gasteiger partial charge in [0.2, 0.25) is 0 Å². The topological polar surface area (TPSA) is 9.23 Å². The normalized spacial score (nSPS) is 13.0. The minimum atomic E-state index is 0.184. The zero-order valence-corrected chi connectivity index (χ0v) is 12.7. The van der Waals surface area contributed by atoms with Gasteiger partial charge in [-0.15, -0.1) is 0 Å². The maximum Gasteiger partial charge on any atom is 0.0924 e. The fraction of sp³-hybridized carbons (Fsp3) is 0.600. The standard InChI is InChI=1S/C15H23BrO/c1-12(2)7-6-10-17-15(11-16)14-9-5-4-8-13(14)3/h4-5,8-9,12,15H,6-7,10-11H2,1-3H3. The third-order valence-corrected chi connectivity index (χ3v) is 3.51. The second-order valence-corrected chi connectivity index (χ2v) is 5.55. The van der Waals surface area contributed by atoms with Crippen molar-refractivity contribution >= 4 is 15.9 Å². The summed E-state index contributed by atoms with van der Waals surface area (Å²) < 4.78 is 5.96. The van der Waals surface area contributed by atoms with Gasteiger partial charge in [-0.05, 0) is 36.8 Å². The molecule has 0 spiro atoms. The van der Waals surface area contributed by atoms with Crippen molar-refractivity contribution in [1.29, 1.82) is 0 Å². The SMILES string of the molecule is Cc1ccccc1C(CBr)OCCCC(C)C. The van der Waals surface area contributed by atoms with E-state index < -0.39 is 0 Å². The van der Waals surface area contributed by atoms with Crippen LogP contribution >= 0.6 is 15.9 Å². The molecule has 1 atom stereocenters. The summed E-state index contributed by atoms with van der Waals surface area (Å²) in [5.41, 5.74) is 2.61. The molecule has 0 aliphatic rings. The Hall–Kier alpha value is -0.340. The van der Waals surface area contributed by atoms with Gasteiger partial charge in [0.1, 0.15) is 0 Å². The first-order chi connectivity index (χ1) is 8.15. The molecule has 0 amide bonds. The molecule has 0 heterocycles. The number of ether oxygens (including phenoxy) is 1. The summed E-state index contributed by atoms with van der Waals surface area (Å²) in [5.74, 6) is 0.763. The summed E-state index contributed by atoms with van der Waals surface area (Å²) in [6.45, 7) is 7.50. The fourth-order valence-corrected chi connectivity index (χ4v) is 2.42. The molecule has 0 fully saturated rings. The van der Waals surface area contributed by atoms with Crippen molar-refractivity contribution in [3.63, 3.8) is 0 Å². The van der Waals surface area contributed by atoms with Crippen molar-refractivity contribution in [2.75, 3.05) is 11.9 Å². The van der Waals surface area contributed by atoms with Crippen LogP contribution in [0.2, 0.25) is 0 Å². The van der Waals surface area contributed by atoms with Crippen LogP contribution in [0, 0.1) is 12.8 Å². The van der Waals surface area contributed by atoms with Gasteiger partial charge in [-0.1, -0.05) is 54.0 Å². The van der Waals surface area contributed by atoms with E-state index in [1.165, 1.54) is 17.5 Å². The van der Waals surface area contributed by atoms with Crippen molar-refractivity contribution in [2.24, 2.45) is 5.92 Å². The second kappa shape index (κ2) is 7.88. The number of alkyl halides is 1. The number of halogens is 1. The molecule has 0 radical (unpaired) electrons. The minimum Gasteiger partial charge on any atom is -0.373 e. The number of aryl methyl sites for hydroxylation is 1. The molecule has 1 rings (SSSR count). The lowest BCUT2D eigenvalue weighted by molar-refractivity contribution is 0.0651. The van der Waals surface area contributed by atoms with Gasteiger partial charge < -0.3 is 4.74 Å². The summed E-state index contributed by atoms with van der Waals surface area (Å²) in [6.07, 6.45) is 2.57. The summed E-state index contributed by atoms with van der Waals surface area (Å²) in [6, 6.07) is 8.45. The number of hydrogen-bond donors (Lipinski definition) is 0.